The van der Waals surface area contributed by atoms with Crippen LogP contribution in [0.25, 0.3) is 0 Å². The van der Waals surface area contributed by atoms with E-state index in [0.29, 0.717) is 6.42 Å². The third kappa shape index (κ3) is 3.00. The van der Waals surface area contributed by atoms with Crippen LogP contribution in [-0.2, 0) is 4.79 Å². The van der Waals surface area contributed by atoms with Crippen molar-refractivity contribution in [3.05, 3.63) is 34.1 Å². The molecule has 0 saturated carbocycles. The molecule has 0 amide bonds. The second-order valence-corrected chi connectivity index (χ2v) is 5.83. The minimum absolute atomic E-state index is 0.185. The molecule has 1 fully saturated rings. The first-order valence-electron chi connectivity index (χ1n) is 5.13. The fourth-order valence-electron chi connectivity index (χ4n) is 1.71. The summed E-state index contributed by atoms with van der Waals surface area (Å²) in [6, 6.07) is 3.88. The van der Waals surface area contributed by atoms with E-state index in [0.717, 1.165) is 15.8 Å². The van der Waals surface area contributed by atoms with Crippen molar-refractivity contribution in [3.63, 3.8) is 0 Å². The Bertz CT molecular complexity index is 443. The molecule has 2 unspecified atom stereocenters. The molecule has 1 aromatic carbocycles. The van der Waals surface area contributed by atoms with Crippen molar-refractivity contribution in [2.24, 2.45) is 0 Å². The van der Waals surface area contributed by atoms with Crippen LogP contribution in [0.15, 0.2) is 22.7 Å². The number of nitrogens with one attached hydrogen (secondary N) is 1. The molecular formula is C11H11BrFNO2S. The molecule has 2 atom stereocenters. The van der Waals surface area contributed by atoms with Gasteiger partial charge in [0, 0.05) is 4.47 Å². The van der Waals surface area contributed by atoms with E-state index in [-0.39, 0.29) is 11.2 Å². The zero-order valence-electron chi connectivity index (χ0n) is 8.82. The van der Waals surface area contributed by atoms with Gasteiger partial charge in [-0.15, -0.1) is 11.8 Å². The Morgan fingerprint density at radius 3 is 3.06 bits per heavy atom. The molecule has 0 bridgehead atoms. The number of halogens is 2. The Morgan fingerprint density at radius 1 is 1.59 bits per heavy atom. The molecule has 2 N–H and O–H groups in total. The largest absolute Gasteiger partial charge is 0.480 e. The number of hydrogen-bond acceptors (Lipinski definition) is 3. The Morgan fingerprint density at radius 2 is 2.35 bits per heavy atom. The first-order valence-corrected chi connectivity index (χ1v) is 6.97. The van der Waals surface area contributed by atoms with Crippen molar-refractivity contribution in [3.8, 4) is 0 Å². The number of hydrogen-bond donors (Lipinski definition) is 2. The number of carbonyl (C=O) groups is 1. The van der Waals surface area contributed by atoms with Crippen LogP contribution in [0.4, 0.5) is 4.39 Å². The summed E-state index contributed by atoms with van der Waals surface area (Å²) < 4.78 is 14.0. The van der Waals surface area contributed by atoms with E-state index in [9.17, 15) is 9.18 Å². The highest BCUT2D eigenvalue weighted by molar-refractivity contribution is 9.10. The van der Waals surface area contributed by atoms with Gasteiger partial charge in [-0.1, -0.05) is 15.9 Å². The summed E-state index contributed by atoms with van der Waals surface area (Å²) >= 11 is 4.94. The number of aliphatic carboxylic acids is 1. The van der Waals surface area contributed by atoms with Crippen molar-refractivity contribution >= 4 is 33.7 Å². The number of carboxylic acids is 1. The minimum Gasteiger partial charge on any atom is -0.480 e. The summed E-state index contributed by atoms with van der Waals surface area (Å²) in [7, 11) is 0. The van der Waals surface area contributed by atoms with E-state index in [1.54, 1.807) is 17.8 Å². The monoisotopic (exact) mass is 319 g/mol. The molecule has 0 aromatic heterocycles. The summed E-state index contributed by atoms with van der Waals surface area (Å²) in [6.07, 6.45) is 0.587. The molecule has 0 radical (unpaired) electrons. The van der Waals surface area contributed by atoms with Gasteiger partial charge in [0.25, 0.3) is 0 Å². The Kier molecular flexibility index (Phi) is 4.06. The van der Waals surface area contributed by atoms with Gasteiger partial charge in [0.2, 0.25) is 0 Å². The van der Waals surface area contributed by atoms with Crippen LogP contribution in [0, 0.1) is 5.82 Å². The average molecular weight is 320 g/mol. The van der Waals surface area contributed by atoms with Crippen LogP contribution in [-0.4, -0.2) is 22.9 Å². The first-order chi connectivity index (χ1) is 8.08. The highest BCUT2D eigenvalue weighted by Gasteiger charge is 2.28. The molecule has 2 rings (SSSR count). The van der Waals surface area contributed by atoms with E-state index >= 15 is 0 Å². The molecule has 3 nitrogen and oxygen atoms in total. The van der Waals surface area contributed by atoms with Crippen LogP contribution < -0.4 is 5.32 Å². The molecule has 0 spiro atoms. The van der Waals surface area contributed by atoms with Crippen molar-refractivity contribution in [2.45, 2.75) is 17.8 Å². The van der Waals surface area contributed by atoms with E-state index < -0.39 is 12.0 Å². The fraction of sp³-hybridized carbons (Fsp3) is 0.364. The van der Waals surface area contributed by atoms with E-state index in [2.05, 4.69) is 21.2 Å². The first kappa shape index (κ1) is 12.9. The molecule has 92 valence electrons. The predicted molar refractivity (Wildman–Crippen MR) is 68.5 cm³/mol. The van der Waals surface area contributed by atoms with Crippen LogP contribution in [0.2, 0.25) is 0 Å². The number of carboxylic acid groups (broad SMARTS) is 1. The standard InChI is InChI=1S/C11H11BrFNO2S/c12-8-2-1-6(13)5-7(8)10-14-9(11(15)16)3-4-17-10/h1-2,5,9-10,14H,3-4H2,(H,15,16). The van der Waals surface area contributed by atoms with E-state index in [1.165, 1.54) is 12.1 Å². The quantitative estimate of drug-likeness (QED) is 0.880. The van der Waals surface area contributed by atoms with Crippen LogP contribution in [0.1, 0.15) is 17.4 Å². The van der Waals surface area contributed by atoms with Gasteiger partial charge in [-0.05, 0) is 35.9 Å². The second-order valence-electron chi connectivity index (χ2n) is 3.76. The van der Waals surface area contributed by atoms with Crippen LogP contribution >= 0.6 is 27.7 Å². The van der Waals surface area contributed by atoms with Gasteiger partial charge >= 0.3 is 5.97 Å². The lowest BCUT2D eigenvalue weighted by Gasteiger charge is -2.29. The SMILES string of the molecule is O=C(O)C1CCSC(c2cc(F)ccc2Br)N1. The van der Waals surface area contributed by atoms with Gasteiger partial charge in [0.1, 0.15) is 11.9 Å². The zero-order valence-corrected chi connectivity index (χ0v) is 11.2. The number of thioether (sulfide) groups is 1. The highest BCUT2D eigenvalue weighted by Crippen LogP contribution is 2.35. The van der Waals surface area contributed by atoms with Crippen LogP contribution in [0.5, 0.6) is 0 Å². The van der Waals surface area contributed by atoms with Crippen molar-refractivity contribution in [2.75, 3.05) is 5.75 Å². The molecule has 1 saturated heterocycles. The lowest BCUT2D eigenvalue weighted by molar-refractivity contribution is -0.139. The van der Waals surface area contributed by atoms with Crippen molar-refractivity contribution in [1.82, 2.24) is 5.32 Å². The summed E-state index contributed by atoms with van der Waals surface area (Å²) in [6.45, 7) is 0. The molecule has 1 aliphatic heterocycles. The maximum absolute atomic E-state index is 13.2. The fourth-order valence-corrected chi connectivity index (χ4v) is 3.58. The summed E-state index contributed by atoms with van der Waals surface area (Å²) in [5.41, 5.74) is 0.751. The second kappa shape index (κ2) is 5.37. The van der Waals surface area contributed by atoms with Gasteiger partial charge in [-0.2, -0.15) is 0 Å². The van der Waals surface area contributed by atoms with Gasteiger partial charge in [-0.3, -0.25) is 10.1 Å². The summed E-state index contributed by atoms with van der Waals surface area (Å²) in [4.78, 5) is 10.9. The normalized spacial score (nSPS) is 24.6. The highest BCUT2D eigenvalue weighted by atomic mass is 79.9. The molecule has 17 heavy (non-hydrogen) atoms. The van der Waals surface area contributed by atoms with Gasteiger partial charge < -0.3 is 5.11 Å². The van der Waals surface area contributed by atoms with Crippen molar-refractivity contribution < 1.29 is 14.3 Å². The third-order valence-electron chi connectivity index (χ3n) is 2.58. The number of rotatable bonds is 2. The van der Waals surface area contributed by atoms with Crippen molar-refractivity contribution in [1.29, 1.82) is 0 Å². The average Bonchev–Trinajstić information content (AvgIpc) is 2.32. The van der Waals surface area contributed by atoms with Gasteiger partial charge in [0.05, 0.1) is 5.37 Å². The topological polar surface area (TPSA) is 49.3 Å². The molecule has 1 heterocycles. The summed E-state index contributed by atoms with van der Waals surface area (Å²) in [5.74, 6) is -0.428. The lowest BCUT2D eigenvalue weighted by Crippen LogP contribution is -2.41. The maximum Gasteiger partial charge on any atom is 0.320 e. The predicted octanol–water partition coefficient (Wildman–Crippen LogP) is 2.77. The molecule has 6 heteroatoms. The van der Waals surface area contributed by atoms with E-state index in [1.807, 2.05) is 0 Å². The maximum atomic E-state index is 13.2. The van der Waals surface area contributed by atoms with Gasteiger partial charge in [0.15, 0.2) is 0 Å². The lowest BCUT2D eigenvalue weighted by atomic mass is 10.1. The molecule has 1 aliphatic rings. The van der Waals surface area contributed by atoms with E-state index in [4.69, 9.17) is 5.11 Å². The van der Waals surface area contributed by atoms with Gasteiger partial charge in [-0.25, -0.2) is 4.39 Å². The molecular weight excluding hydrogens is 309 g/mol. The Labute approximate surface area is 111 Å². The Hall–Kier alpha value is -0.590. The van der Waals surface area contributed by atoms with Crippen LogP contribution in [0.3, 0.4) is 0 Å². The molecule has 0 aliphatic carbocycles. The smallest absolute Gasteiger partial charge is 0.320 e. The zero-order chi connectivity index (χ0) is 12.4. The minimum atomic E-state index is -0.858. The molecule has 1 aromatic rings. The Balaban J connectivity index is 2.21. The third-order valence-corrected chi connectivity index (χ3v) is 4.50. The summed E-state index contributed by atoms with van der Waals surface area (Å²) in [5, 5.41) is 11.8. The number of benzene rings is 1.